The molecule has 0 spiro atoms. The van der Waals surface area contributed by atoms with Crippen molar-refractivity contribution in [3.8, 4) is 17.1 Å². The maximum atomic E-state index is 11.7. The first kappa shape index (κ1) is 25.7. The summed E-state index contributed by atoms with van der Waals surface area (Å²) in [5, 5.41) is 5.59. The Labute approximate surface area is 233 Å². The van der Waals surface area contributed by atoms with Crippen LogP contribution < -0.4 is 21.5 Å². The number of hydrogen-bond donors (Lipinski definition) is 3. The summed E-state index contributed by atoms with van der Waals surface area (Å²) >= 11 is 0. The molecule has 0 bridgehead atoms. The van der Waals surface area contributed by atoms with Crippen LogP contribution in [0.15, 0.2) is 73.6 Å². The van der Waals surface area contributed by atoms with Crippen LogP contribution in [0.25, 0.3) is 28.2 Å². The molecule has 1 aliphatic carbocycles. The molecule has 1 amide bonds. The third-order valence-electron chi connectivity index (χ3n) is 7.52. The molecule has 4 N–H and O–H groups in total. The van der Waals surface area contributed by atoms with Crippen LogP contribution in [0.3, 0.4) is 0 Å². The van der Waals surface area contributed by atoms with Crippen molar-refractivity contribution in [2.24, 2.45) is 0 Å². The van der Waals surface area contributed by atoms with Gasteiger partial charge in [0.2, 0.25) is 5.91 Å². The standard InChI is InChI=1S/C30H33N9O/c1-3-27(40)37(2)17-5-15-32-24-11-8-20-19-21(9-10-22(20)24)39-29(23-7-4-14-33-28(23)31)35-25-12-13-26(36-30(25)39)38-18-6-16-34-38/h3-4,6-7,9-10,12-14,18-19,24,32,34H,1,5,8,11,15-17H2,2H3,(H2,31,33). The molecular formula is C30H33N9O. The highest BCUT2D eigenvalue weighted by Crippen LogP contribution is 2.36. The number of pyridine rings is 2. The maximum absolute atomic E-state index is 11.7. The van der Waals surface area contributed by atoms with Crippen LogP contribution in [-0.4, -0.2) is 57.0 Å². The number of imidazole rings is 1. The van der Waals surface area contributed by atoms with Gasteiger partial charge in [0.25, 0.3) is 0 Å². The summed E-state index contributed by atoms with van der Waals surface area (Å²) in [7, 11) is 1.81. The van der Waals surface area contributed by atoms with Gasteiger partial charge in [-0.05, 0) is 79.4 Å². The fraction of sp³-hybridized carbons (Fsp3) is 0.267. The Morgan fingerprint density at radius 3 is 2.98 bits per heavy atom. The van der Waals surface area contributed by atoms with E-state index in [9.17, 15) is 4.79 Å². The zero-order chi connectivity index (χ0) is 27.6. The molecule has 10 nitrogen and oxygen atoms in total. The molecule has 3 aromatic heterocycles. The lowest BCUT2D eigenvalue weighted by atomic mass is 10.1. The zero-order valence-electron chi connectivity index (χ0n) is 22.5. The first-order valence-corrected chi connectivity index (χ1v) is 13.6. The Hall–Kier alpha value is -4.54. The lowest BCUT2D eigenvalue weighted by Gasteiger charge is -2.18. The number of aromatic nitrogens is 4. The van der Waals surface area contributed by atoms with Crippen molar-refractivity contribution in [1.82, 2.24) is 35.2 Å². The van der Waals surface area contributed by atoms with Crippen LogP contribution in [-0.2, 0) is 11.2 Å². The summed E-state index contributed by atoms with van der Waals surface area (Å²) in [4.78, 5) is 27.7. The topological polar surface area (TPSA) is 117 Å². The average Bonchev–Trinajstić information content (AvgIpc) is 3.73. The first-order valence-electron chi connectivity index (χ1n) is 13.6. The van der Waals surface area contributed by atoms with Crippen LogP contribution in [0, 0.1) is 0 Å². The van der Waals surface area contributed by atoms with E-state index in [-0.39, 0.29) is 11.9 Å². The van der Waals surface area contributed by atoms with Gasteiger partial charge in [-0.3, -0.25) is 14.4 Å². The van der Waals surface area contributed by atoms with Crippen molar-refractivity contribution >= 4 is 28.7 Å². The van der Waals surface area contributed by atoms with Crippen molar-refractivity contribution in [3.05, 3.63) is 84.7 Å². The predicted molar refractivity (Wildman–Crippen MR) is 158 cm³/mol. The smallest absolute Gasteiger partial charge is 0.245 e. The Kier molecular flexibility index (Phi) is 7.02. The molecule has 4 heterocycles. The number of hydrogen-bond acceptors (Lipinski definition) is 8. The summed E-state index contributed by atoms with van der Waals surface area (Å²) in [5.74, 6) is 1.88. The van der Waals surface area contributed by atoms with Crippen LogP contribution in [0.1, 0.15) is 30.0 Å². The molecule has 204 valence electrons. The molecule has 1 atom stereocenters. The van der Waals surface area contributed by atoms with Gasteiger partial charge in [0.05, 0.1) is 5.56 Å². The number of nitrogen functional groups attached to an aromatic ring is 1. The molecular weight excluding hydrogens is 502 g/mol. The van der Waals surface area contributed by atoms with Gasteiger partial charge in [0.15, 0.2) is 11.5 Å². The van der Waals surface area contributed by atoms with Gasteiger partial charge >= 0.3 is 0 Å². The highest BCUT2D eigenvalue weighted by atomic mass is 16.2. The van der Waals surface area contributed by atoms with Crippen LogP contribution >= 0.6 is 0 Å². The Morgan fingerprint density at radius 2 is 2.17 bits per heavy atom. The van der Waals surface area contributed by atoms with E-state index >= 15 is 0 Å². The number of amides is 1. The largest absolute Gasteiger partial charge is 0.383 e. The molecule has 1 unspecified atom stereocenters. The van der Waals surface area contributed by atoms with E-state index in [2.05, 4.69) is 51.1 Å². The highest BCUT2D eigenvalue weighted by Gasteiger charge is 2.25. The Bertz CT molecular complexity index is 1610. The van der Waals surface area contributed by atoms with Gasteiger partial charge in [-0.15, -0.1) is 0 Å². The van der Waals surface area contributed by atoms with E-state index in [1.165, 1.54) is 17.2 Å². The van der Waals surface area contributed by atoms with Gasteiger partial charge in [0, 0.05) is 44.3 Å². The predicted octanol–water partition coefficient (Wildman–Crippen LogP) is 3.51. The summed E-state index contributed by atoms with van der Waals surface area (Å²) < 4.78 is 2.08. The fourth-order valence-corrected chi connectivity index (χ4v) is 5.45. The SMILES string of the molecule is C=CC(=O)N(C)CCCNC1CCc2cc(-n3c(-c4cccnc4N)nc4ccc(N5C=CCN5)nc43)ccc21. The normalized spacial score (nSPS) is 16.0. The first-order chi connectivity index (χ1) is 19.5. The number of anilines is 2. The highest BCUT2D eigenvalue weighted by molar-refractivity contribution is 5.86. The molecule has 4 aromatic rings. The summed E-state index contributed by atoms with van der Waals surface area (Å²) in [6, 6.07) is 14.6. The van der Waals surface area contributed by atoms with E-state index in [4.69, 9.17) is 15.7 Å². The van der Waals surface area contributed by atoms with Crippen molar-refractivity contribution < 1.29 is 4.79 Å². The van der Waals surface area contributed by atoms with Gasteiger partial charge in [-0.2, -0.15) is 0 Å². The zero-order valence-corrected chi connectivity index (χ0v) is 22.5. The minimum atomic E-state index is -0.0482. The number of nitrogens with one attached hydrogen (secondary N) is 2. The number of hydrazine groups is 1. The third kappa shape index (κ3) is 4.83. The fourth-order valence-electron chi connectivity index (χ4n) is 5.45. The Balaban J connectivity index is 1.32. The molecule has 1 aliphatic heterocycles. The summed E-state index contributed by atoms with van der Waals surface area (Å²) in [6.45, 7) is 5.85. The second-order valence-corrected chi connectivity index (χ2v) is 10.1. The van der Waals surface area contributed by atoms with Crippen molar-refractivity contribution in [2.45, 2.75) is 25.3 Å². The number of carbonyl (C=O) groups excluding carboxylic acids is 1. The van der Waals surface area contributed by atoms with Gasteiger partial charge < -0.3 is 16.0 Å². The molecule has 0 saturated heterocycles. The molecule has 40 heavy (non-hydrogen) atoms. The molecule has 6 rings (SSSR count). The van der Waals surface area contributed by atoms with Crippen LogP contribution in [0.5, 0.6) is 0 Å². The van der Waals surface area contributed by atoms with E-state index < -0.39 is 0 Å². The van der Waals surface area contributed by atoms with Crippen LogP contribution in [0.4, 0.5) is 11.6 Å². The quantitative estimate of drug-likeness (QED) is 0.220. The van der Waals surface area contributed by atoms with E-state index in [1.807, 2.05) is 35.5 Å². The second-order valence-electron chi connectivity index (χ2n) is 10.1. The summed E-state index contributed by atoms with van der Waals surface area (Å²) in [5.41, 5.74) is 15.5. The number of carbonyl (C=O) groups is 1. The molecule has 2 aliphatic rings. The van der Waals surface area contributed by atoms with E-state index in [0.29, 0.717) is 18.2 Å². The number of fused-ring (bicyclic) bond motifs is 2. The summed E-state index contributed by atoms with van der Waals surface area (Å²) in [6.07, 6.45) is 9.96. The number of benzene rings is 1. The molecule has 0 fully saturated rings. The Morgan fingerprint density at radius 1 is 1.27 bits per heavy atom. The number of rotatable bonds is 9. The van der Waals surface area contributed by atoms with Crippen molar-refractivity contribution in [2.75, 3.05) is 37.4 Å². The number of likely N-dealkylation sites (N-methyl/N-ethyl adjacent to an activating group) is 1. The maximum Gasteiger partial charge on any atom is 0.245 e. The van der Waals surface area contributed by atoms with Crippen molar-refractivity contribution in [1.29, 1.82) is 0 Å². The van der Waals surface area contributed by atoms with Gasteiger partial charge in [0.1, 0.15) is 17.2 Å². The minimum Gasteiger partial charge on any atom is -0.383 e. The molecule has 0 saturated carbocycles. The number of aryl methyl sites for hydroxylation is 1. The van der Waals surface area contributed by atoms with E-state index in [0.717, 1.165) is 60.6 Å². The molecule has 1 aromatic carbocycles. The van der Waals surface area contributed by atoms with Gasteiger partial charge in [-0.1, -0.05) is 18.7 Å². The third-order valence-corrected chi connectivity index (χ3v) is 7.52. The van der Waals surface area contributed by atoms with Crippen molar-refractivity contribution in [3.63, 3.8) is 0 Å². The molecule has 0 radical (unpaired) electrons. The monoisotopic (exact) mass is 535 g/mol. The second kappa shape index (κ2) is 10.9. The number of nitrogens with zero attached hydrogens (tertiary/aromatic N) is 6. The minimum absolute atomic E-state index is 0.0482. The molecule has 10 heteroatoms. The lowest BCUT2D eigenvalue weighted by Crippen LogP contribution is -2.29. The average molecular weight is 536 g/mol. The van der Waals surface area contributed by atoms with Gasteiger partial charge in [-0.25, -0.2) is 20.4 Å². The van der Waals surface area contributed by atoms with E-state index in [1.54, 1.807) is 18.1 Å². The van der Waals surface area contributed by atoms with Crippen LogP contribution in [0.2, 0.25) is 0 Å². The lowest BCUT2D eigenvalue weighted by molar-refractivity contribution is -0.124. The number of nitrogens with two attached hydrogens (primary N) is 1.